The van der Waals surface area contributed by atoms with Crippen molar-refractivity contribution in [2.45, 2.75) is 58.5 Å². The molecule has 1 rings (SSSR count). The van der Waals surface area contributed by atoms with Gasteiger partial charge in [0, 0.05) is 19.6 Å². The first kappa shape index (κ1) is 14.9. The molecular formula is C13H26O4. The fourth-order valence-electron chi connectivity index (χ4n) is 1.73. The van der Waals surface area contributed by atoms with Gasteiger partial charge in [-0.25, -0.2) is 0 Å². The zero-order chi connectivity index (χ0) is 12.7. The van der Waals surface area contributed by atoms with Gasteiger partial charge in [-0.15, -0.1) is 0 Å². The van der Waals surface area contributed by atoms with E-state index in [1.165, 1.54) is 0 Å². The van der Waals surface area contributed by atoms with Crippen LogP contribution in [0.5, 0.6) is 0 Å². The summed E-state index contributed by atoms with van der Waals surface area (Å²) in [7, 11) is 0. The van der Waals surface area contributed by atoms with Gasteiger partial charge in [-0.3, -0.25) is 0 Å². The summed E-state index contributed by atoms with van der Waals surface area (Å²) in [5.41, 5.74) is -0.0906. The lowest BCUT2D eigenvalue weighted by molar-refractivity contribution is -0.132. The number of hydrogen-bond donors (Lipinski definition) is 0. The lowest BCUT2D eigenvalue weighted by Crippen LogP contribution is -2.27. The molecule has 0 amide bonds. The van der Waals surface area contributed by atoms with Crippen LogP contribution >= 0.6 is 0 Å². The molecule has 1 saturated heterocycles. The van der Waals surface area contributed by atoms with Gasteiger partial charge in [0.25, 0.3) is 0 Å². The SMILES string of the molecule is CCOC(C)OCCCOC(C)(C)CC1CO1. The average molecular weight is 246 g/mol. The first-order valence-corrected chi connectivity index (χ1v) is 6.52. The molecule has 1 aliphatic heterocycles. The molecule has 0 aliphatic carbocycles. The Bertz CT molecular complexity index is 202. The molecule has 102 valence electrons. The van der Waals surface area contributed by atoms with E-state index >= 15 is 0 Å². The topological polar surface area (TPSA) is 40.2 Å². The minimum Gasteiger partial charge on any atom is -0.375 e. The molecule has 0 spiro atoms. The average Bonchev–Trinajstić information content (AvgIpc) is 3.00. The van der Waals surface area contributed by atoms with Crippen molar-refractivity contribution in [2.24, 2.45) is 0 Å². The highest BCUT2D eigenvalue weighted by atomic mass is 16.7. The molecule has 17 heavy (non-hydrogen) atoms. The summed E-state index contributed by atoms with van der Waals surface area (Å²) in [6.45, 7) is 11.1. The molecular weight excluding hydrogens is 220 g/mol. The number of rotatable bonds is 10. The van der Waals surface area contributed by atoms with Gasteiger partial charge in [-0.1, -0.05) is 0 Å². The minimum absolute atomic E-state index is 0.0906. The standard InChI is InChI=1S/C13H26O4/c1-5-14-11(2)15-7-6-8-17-13(3,4)9-12-10-16-12/h11-12H,5-10H2,1-4H3. The van der Waals surface area contributed by atoms with Crippen LogP contribution < -0.4 is 0 Å². The fourth-order valence-corrected chi connectivity index (χ4v) is 1.73. The lowest BCUT2D eigenvalue weighted by atomic mass is 10.0. The summed E-state index contributed by atoms with van der Waals surface area (Å²) in [6.07, 6.45) is 2.17. The van der Waals surface area contributed by atoms with Crippen LogP contribution in [0.2, 0.25) is 0 Å². The highest BCUT2D eigenvalue weighted by molar-refractivity contribution is 4.80. The molecule has 0 radical (unpaired) electrons. The molecule has 0 aromatic carbocycles. The Hall–Kier alpha value is -0.160. The van der Waals surface area contributed by atoms with Crippen LogP contribution in [0.4, 0.5) is 0 Å². The third-order valence-corrected chi connectivity index (χ3v) is 2.66. The molecule has 0 N–H and O–H groups in total. The van der Waals surface area contributed by atoms with Crippen LogP contribution in [-0.4, -0.2) is 44.4 Å². The van der Waals surface area contributed by atoms with Gasteiger partial charge in [0.2, 0.25) is 0 Å². The van der Waals surface area contributed by atoms with E-state index in [4.69, 9.17) is 18.9 Å². The molecule has 4 heteroatoms. The van der Waals surface area contributed by atoms with E-state index in [1.807, 2.05) is 13.8 Å². The van der Waals surface area contributed by atoms with Crippen LogP contribution in [0.1, 0.15) is 40.5 Å². The fraction of sp³-hybridized carbons (Fsp3) is 1.00. The Labute approximate surface area is 105 Å². The van der Waals surface area contributed by atoms with Gasteiger partial charge in [-0.05, 0) is 34.1 Å². The zero-order valence-electron chi connectivity index (χ0n) is 11.5. The highest BCUT2D eigenvalue weighted by Crippen LogP contribution is 2.25. The molecule has 4 nitrogen and oxygen atoms in total. The Morgan fingerprint density at radius 3 is 2.59 bits per heavy atom. The van der Waals surface area contributed by atoms with E-state index in [0.29, 0.717) is 19.3 Å². The van der Waals surface area contributed by atoms with Crippen molar-refractivity contribution in [1.29, 1.82) is 0 Å². The predicted octanol–water partition coefficient (Wildman–Crippen LogP) is 2.36. The van der Waals surface area contributed by atoms with Crippen molar-refractivity contribution in [3.8, 4) is 0 Å². The largest absolute Gasteiger partial charge is 0.375 e. The molecule has 2 atom stereocenters. The summed E-state index contributed by atoms with van der Waals surface area (Å²) in [5, 5.41) is 0. The second kappa shape index (κ2) is 7.31. The van der Waals surface area contributed by atoms with Crippen LogP contribution in [0.15, 0.2) is 0 Å². The molecule has 0 saturated carbocycles. The first-order valence-electron chi connectivity index (χ1n) is 6.52. The first-order chi connectivity index (χ1) is 8.03. The summed E-state index contributed by atoms with van der Waals surface area (Å²) < 4.78 is 21.8. The zero-order valence-corrected chi connectivity index (χ0v) is 11.5. The molecule has 1 fully saturated rings. The molecule has 0 bridgehead atoms. The van der Waals surface area contributed by atoms with E-state index in [-0.39, 0.29) is 11.9 Å². The summed E-state index contributed by atoms with van der Waals surface area (Å²) in [4.78, 5) is 0. The van der Waals surface area contributed by atoms with Crippen molar-refractivity contribution in [2.75, 3.05) is 26.4 Å². The molecule has 1 heterocycles. The quantitative estimate of drug-likeness (QED) is 0.337. The smallest absolute Gasteiger partial charge is 0.154 e. The van der Waals surface area contributed by atoms with Crippen LogP contribution in [0.25, 0.3) is 0 Å². The Morgan fingerprint density at radius 2 is 2.00 bits per heavy atom. The van der Waals surface area contributed by atoms with E-state index in [0.717, 1.165) is 26.1 Å². The summed E-state index contributed by atoms with van der Waals surface area (Å²) >= 11 is 0. The lowest BCUT2D eigenvalue weighted by Gasteiger charge is -2.24. The molecule has 1 aliphatic rings. The third kappa shape index (κ3) is 7.71. The van der Waals surface area contributed by atoms with Gasteiger partial charge >= 0.3 is 0 Å². The second-order valence-corrected chi connectivity index (χ2v) is 5.01. The van der Waals surface area contributed by atoms with Crippen LogP contribution in [-0.2, 0) is 18.9 Å². The van der Waals surface area contributed by atoms with Gasteiger partial charge in [-0.2, -0.15) is 0 Å². The summed E-state index contributed by atoms with van der Waals surface area (Å²) in [6, 6.07) is 0. The maximum absolute atomic E-state index is 5.82. The van der Waals surface area contributed by atoms with Crippen LogP contribution in [0, 0.1) is 0 Å². The maximum Gasteiger partial charge on any atom is 0.154 e. The predicted molar refractivity (Wildman–Crippen MR) is 66.0 cm³/mol. The van der Waals surface area contributed by atoms with Crippen molar-refractivity contribution in [3.63, 3.8) is 0 Å². The highest BCUT2D eigenvalue weighted by Gasteiger charge is 2.31. The Kier molecular flexibility index (Phi) is 6.41. The monoisotopic (exact) mass is 246 g/mol. The van der Waals surface area contributed by atoms with E-state index in [9.17, 15) is 0 Å². The molecule has 0 aromatic rings. The third-order valence-electron chi connectivity index (χ3n) is 2.66. The van der Waals surface area contributed by atoms with Crippen molar-refractivity contribution in [1.82, 2.24) is 0 Å². The van der Waals surface area contributed by atoms with E-state index in [2.05, 4.69) is 13.8 Å². The van der Waals surface area contributed by atoms with Gasteiger partial charge < -0.3 is 18.9 Å². The molecule has 2 unspecified atom stereocenters. The van der Waals surface area contributed by atoms with Gasteiger partial charge in [0.1, 0.15) is 0 Å². The van der Waals surface area contributed by atoms with Crippen molar-refractivity contribution in [3.05, 3.63) is 0 Å². The second-order valence-electron chi connectivity index (χ2n) is 5.01. The normalized spacial score (nSPS) is 21.5. The minimum atomic E-state index is -0.118. The number of hydrogen-bond acceptors (Lipinski definition) is 4. The van der Waals surface area contributed by atoms with Gasteiger partial charge in [0.05, 0.1) is 24.9 Å². The Balaban J connectivity index is 1.95. The van der Waals surface area contributed by atoms with Crippen molar-refractivity contribution >= 4 is 0 Å². The van der Waals surface area contributed by atoms with E-state index < -0.39 is 0 Å². The van der Waals surface area contributed by atoms with E-state index in [1.54, 1.807) is 0 Å². The van der Waals surface area contributed by atoms with Crippen LogP contribution in [0.3, 0.4) is 0 Å². The maximum atomic E-state index is 5.82. The van der Waals surface area contributed by atoms with Crippen molar-refractivity contribution < 1.29 is 18.9 Å². The van der Waals surface area contributed by atoms with Gasteiger partial charge in [0.15, 0.2) is 6.29 Å². The number of ether oxygens (including phenoxy) is 4. The Morgan fingerprint density at radius 1 is 1.29 bits per heavy atom. The summed E-state index contributed by atoms with van der Waals surface area (Å²) in [5.74, 6) is 0. The molecule has 0 aromatic heterocycles. The number of epoxide rings is 1.